The minimum atomic E-state index is -0.280. The fourth-order valence-electron chi connectivity index (χ4n) is 6.24. The topological polar surface area (TPSA) is 67.2 Å². The Hall–Kier alpha value is -3.44. The summed E-state index contributed by atoms with van der Waals surface area (Å²) in [4.78, 5) is 18.1. The highest BCUT2D eigenvalue weighted by atomic mass is 16.3. The third-order valence-electron chi connectivity index (χ3n) is 8.00. The number of fused-ring (bicyclic) bond motifs is 2. The van der Waals surface area contributed by atoms with Crippen LogP contribution in [-0.2, 0) is 6.54 Å². The molecule has 3 fully saturated rings. The fourth-order valence-corrected chi connectivity index (χ4v) is 6.24. The summed E-state index contributed by atoms with van der Waals surface area (Å²) in [7, 11) is 0. The Kier molecular flexibility index (Phi) is 5.08. The Morgan fingerprint density at radius 3 is 2.49 bits per heavy atom. The van der Waals surface area contributed by atoms with Crippen LogP contribution in [0.5, 0.6) is 0 Å². The van der Waals surface area contributed by atoms with Crippen LogP contribution in [0.3, 0.4) is 0 Å². The molecule has 178 valence electrons. The smallest absolute Gasteiger partial charge is 0.251 e. The Balaban J connectivity index is 1.40. The summed E-state index contributed by atoms with van der Waals surface area (Å²) in [5.41, 5.74) is 8.17. The van der Waals surface area contributed by atoms with Gasteiger partial charge >= 0.3 is 0 Å². The van der Waals surface area contributed by atoms with Gasteiger partial charge in [-0.15, -0.1) is 0 Å². The van der Waals surface area contributed by atoms with E-state index in [0.717, 1.165) is 47.4 Å². The number of nitrogens with one attached hydrogen (secondary N) is 1. The maximum absolute atomic E-state index is 13.1. The number of aromatic nitrogens is 2. The molecule has 4 aromatic rings. The van der Waals surface area contributed by atoms with Crippen LogP contribution in [0.4, 0.5) is 0 Å². The van der Waals surface area contributed by atoms with Gasteiger partial charge in [0.25, 0.3) is 5.91 Å². The van der Waals surface area contributed by atoms with Gasteiger partial charge in [0.2, 0.25) is 0 Å². The van der Waals surface area contributed by atoms with Crippen LogP contribution in [0.1, 0.15) is 47.7 Å². The van der Waals surface area contributed by atoms with E-state index in [2.05, 4.69) is 73.1 Å². The first kappa shape index (κ1) is 22.1. The van der Waals surface area contributed by atoms with Crippen molar-refractivity contribution < 1.29 is 9.90 Å². The molecule has 3 aliphatic rings. The van der Waals surface area contributed by atoms with Crippen molar-refractivity contribution in [2.45, 2.75) is 58.2 Å². The maximum atomic E-state index is 13.1. The third kappa shape index (κ3) is 3.57. The van der Waals surface area contributed by atoms with E-state index in [0.29, 0.717) is 17.9 Å². The Morgan fingerprint density at radius 2 is 1.80 bits per heavy atom. The molecule has 1 heterocycles. The average Bonchev–Trinajstić information content (AvgIpc) is 3.45. The van der Waals surface area contributed by atoms with E-state index in [9.17, 15) is 9.90 Å². The average molecular weight is 466 g/mol. The van der Waals surface area contributed by atoms with Crippen molar-refractivity contribution in [1.82, 2.24) is 14.9 Å². The summed E-state index contributed by atoms with van der Waals surface area (Å²) in [5, 5.41) is 13.3. The summed E-state index contributed by atoms with van der Waals surface area (Å²) < 4.78 is 2.22. The number of aryl methyl sites for hydroxylation is 3. The molecule has 0 saturated heterocycles. The number of imidazole rings is 1. The number of aliphatic hydroxyl groups excluding tert-OH is 1. The van der Waals surface area contributed by atoms with Gasteiger partial charge < -0.3 is 15.0 Å². The third-order valence-corrected chi connectivity index (χ3v) is 8.00. The molecule has 0 aliphatic heterocycles. The molecule has 1 unspecified atom stereocenters. The lowest BCUT2D eigenvalue weighted by atomic mass is 9.77. The number of carbonyl (C=O) groups is 1. The minimum Gasteiger partial charge on any atom is -0.393 e. The van der Waals surface area contributed by atoms with Gasteiger partial charge in [0.05, 0.1) is 17.1 Å². The van der Waals surface area contributed by atoms with Gasteiger partial charge in [0, 0.05) is 23.2 Å². The molecule has 0 spiro atoms. The molecule has 2 N–H and O–H groups in total. The molecule has 1 amide bonds. The minimum absolute atomic E-state index is 0.0808. The van der Waals surface area contributed by atoms with Crippen LogP contribution < -0.4 is 5.32 Å². The van der Waals surface area contributed by atoms with Gasteiger partial charge in [0.1, 0.15) is 5.82 Å². The standard InChI is InChI=1S/C30H31N3O2/c1-4-33-26-12-10-20(29(35)32-30-15-21(16-30)27(34)17-30)14-25(26)31-28(33)24-8-6-5-7-23(24)22-11-9-18(2)13-19(22)3/h5-14,21,27,34H,4,15-17H2,1-3H3,(H,32,35). The monoisotopic (exact) mass is 465 g/mol. The summed E-state index contributed by atoms with van der Waals surface area (Å²) in [6, 6.07) is 20.8. The predicted molar refractivity (Wildman–Crippen MR) is 139 cm³/mol. The van der Waals surface area contributed by atoms with Crippen LogP contribution in [-0.4, -0.2) is 32.2 Å². The molecule has 0 radical (unpaired) electrons. The van der Waals surface area contributed by atoms with Gasteiger partial charge in [0.15, 0.2) is 0 Å². The van der Waals surface area contributed by atoms with Crippen molar-refractivity contribution in [1.29, 1.82) is 0 Å². The zero-order valence-electron chi connectivity index (χ0n) is 20.5. The second kappa shape index (κ2) is 8.06. The Morgan fingerprint density at radius 1 is 1.03 bits per heavy atom. The van der Waals surface area contributed by atoms with Crippen molar-refractivity contribution in [3.63, 3.8) is 0 Å². The molecule has 2 bridgehead atoms. The van der Waals surface area contributed by atoms with E-state index in [1.54, 1.807) is 0 Å². The number of amides is 1. The predicted octanol–water partition coefficient (Wildman–Crippen LogP) is 5.65. The molecule has 3 aliphatic carbocycles. The molecule has 5 heteroatoms. The number of hydrogen-bond donors (Lipinski definition) is 2. The highest BCUT2D eigenvalue weighted by molar-refractivity contribution is 5.98. The van der Waals surface area contributed by atoms with Crippen LogP contribution in [0.15, 0.2) is 60.7 Å². The summed E-state index contributed by atoms with van der Waals surface area (Å²) in [6.07, 6.45) is 2.14. The highest BCUT2D eigenvalue weighted by Crippen LogP contribution is 2.52. The van der Waals surface area contributed by atoms with E-state index in [4.69, 9.17) is 4.98 Å². The normalized spacial score (nSPS) is 22.9. The van der Waals surface area contributed by atoms with Crippen molar-refractivity contribution in [3.05, 3.63) is 77.4 Å². The fraction of sp³-hybridized carbons (Fsp3) is 0.333. The van der Waals surface area contributed by atoms with E-state index < -0.39 is 0 Å². The Bertz CT molecular complexity index is 1460. The van der Waals surface area contributed by atoms with Gasteiger partial charge in [-0.3, -0.25) is 4.79 Å². The zero-order valence-corrected chi connectivity index (χ0v) is 20.5. The Labute approximate surface area is 205 Å². The summed E-state index contributed by atoms with van der Waals surface area (Å²) in [5.74, 6) is 1.18. The molecular formula is C30H31N3O2. The maximum Gasteiger partial charge on any atom is 0.251 e. The molecule has 5 nitrogen and oxygen atoms in total. The van der Waals surface area contributed by atoms with Crippen molar-refractivity contribution in [2.75, 3.05) is 0 Å². The zero-order chi connectivity index (χ0) is 24.3. The lowest BCUT2D eigenvalue weighted by molar-refractivity contribution is 0.0817. The van der Waals surface area contributed by atoms with Crippen molar-refractivity contribution in [2.24, 2.45) is 5.92 Å². The number of nitrogens with zero attached hydrogens (tertiary/aromatic N) is 2. The number of carbonyl (C=O) groups excluding carboxylic acids is 1. The number of benzene rings is 3. The quantitative estimate of drug-likeness (QED) is 0.400. The molecule has 3 aromatic carbocycles. The molecule has 35 heavy (non-hydrogen) atoms. The second-order valence-electron chi connectivity index (χ2n) is 10.4. The van der Waals surface area contributed by atoms with E-state index in [-0.39, 0.29) is 17.6 Å². The van der Waals surface area contributed by atoms with E-state index in [1.165, 1.54) is 16.7 Å². The van der Waals surface area contributed by atoms with E-state index in [1.807, 2.05) is 18.2 Å². The van der Waals surface area contributed by atoms with Crippen molar-refractivity contribution >= 4 is 16.9 Å². The van der Waals surface area contributed by atoms with Gasteiger partial charge in [-0.25, -0.2) is 4.98 Å². The van der Waals surface area contributed by atoms with E-state index >= 15 is 0 Å². The molecular weight excluding hydrogens is 434 g/mol. The molecule has 3 saturated carbocycles. The molecule has 7 rings (SSSR count). The van der Waals surface area contributed by atoms with Gasteiger partial charge in [-0.05, 0) is 80.8 Å². The lowest BCUT2D eigenvalue weighted by Gasteiger charge is -2.38. The lowest BCUT2D eigenvalue weighted by Crippen LogP contribution is -2.51. The molecule has 1 aromatic heterocycles. The highest BCUT2D eigenvalue weighted by Gasteiger charge is 2.56. The first-order chi connectivity index (χ1) is 16.9. The number of hydrogen-bond acceptors (Lipinski definition) is 3. The van der Waals surface area contributed by atoms with Crippen LogP contribution in [0.25, 0.3) is 33.5 Å². The first-order valence-corrected chi connectivity index (χ1v) is 12.6. The number of rotatable bonds is 5. The summed E-state index contributed by atoms with van der Waals surface area (Å²) >= 11 is 0. The first-order valence-electron chi connectivity index (χ1n) is 12.6. The second-order valence-corrected chi connectivity index (χ2v) is 10.4. The number of aliphatic hydroxyl groups is 1. The summed E-state index contributed by atoms with van der Waals surface area (Å²) in [6.45, 7) is 7.17. The van der Waals surface area contributed by atoms with Gasteiger partial charge in [-0.1, -0.05) is 48.0 Å². The van der Waals surface area contributed by atoms with Gasteiger partial charge in [-0.2, -0.15) is 0 Å². The molecule has 1 atom stereocenters. The van der Waals surface area contributed by atoms with Crippen LogP contribution in [0.2, 0.25) is 0 Å². The van der Waals surface area contributed by atoms with Crippen LogP contribution >= 0.6 is 0 Å². The van der Waals surface area contributed by atoms with Crippen LogP contribution in [0, 0.1) is 19.8 Å². The van der Waals surface area contributed by atoms with Crippen molar-refractivity contribution in [3.8, 4) is 22.5 Å². The largest absolute Gasteiger partial charge is 0.393 e. The SMILES string of the molecule is CCn1c(-c2ccccc2-c2ccc(C)cc2C)nc2cc(C(=O)NC34CC(O)C(C3)C4)ccc21.